The van der Waals surface area contributed by atoms with Crippen molar-refractivity contribution >= 4 is 21.5 Å². The van der Waals surface area contributed by atoms with Crippen molar-refractivity contribution in [3.8, 4) is 34.8 Å². The normalized spacial score (nSPS) is 15.0. The summed E-state index contributed by atoms with van der Waals surface area (Å²) in [5.74, 6) is 2.48. The predicted octanol–water partition coefficient (Wildman–Crippen LogP) is 11.3. The lowest BCUT2D eigenvalue weighted by Crippen LogP contribution is -2.05. The van der Waals surface area contributed by atoms with Crippen molar-refractivity contribution in [1.29, 1.82) is 0 Å². The summed E-state index contributed by atoms with van der Waals surface area (Å²) in [6.45, 7) is 2.20. The van der Waals surface area contributed by atoms with Crippen molar-refractivity contribution in [2.45, 2.75) is 64.5 Å². The molecule has 0 aliphatic heterocycles. The third-order valence-electron chi connectivity index (χ3n) is 8.08. The molecule has 0 saturated heterocycles. The Morgan fingerprint density at radius 1 is 0.778 bits per heavy atom. The predicted molar refractivity (Wildman–Crippen MR) is 161 cm³/mol. The summed E-state index contributed by atoms with van der Waals surface area (Å²) in [4.78, 5) is 0. The van der Waals surface area contributed by atoms with Crippen LogP contribution in [0.15, 0.2) is 54.1 Å². The second-order valence-electron chi connectivity index (χ2n) is 11.3. The minimum absolute atomic E-state index is 0.0235. The highest BCUT2D eigenvalue weighted by molar-refractivity contribution is 5.93. The van der Waals surface area contributed by atoms with Crippen LogP contribution in [0.4, 0.5) is 35.1 Å². The van der Waals surface area contributed by atoms with E-state index < -0.39 is 57.2 Å². The first-order valence-corrected chi connectivity index (χ1v) is 14.8. The number of rotatable bonds is 6. The molecule has 4 aromatic rings. The maximum atomic E-state index is 15.7. The maximum Gasteiger partial charge on any atom is 0.458 e. The highest BCUT2D eigenvalue weighted by Gasteiger charge is 2.25. The molecule has 0 saturated carbocycles. The number of benzene rings is 4. The Kier molecular flexibility index (Phi) is 9.53. The van der Waals surface area contributed by atoms with Crippen LogP contribution in [0, 0.1) is 58.7 Å². The van der Waals surface area contributed by atoms with Gasteiger partial charge < -0.3 is 0 Å². The zero-order chi connectivity index (χ0) is 32.3. The van der Waals surface area contributed by atoms with Crippen LogP contribution in [0.1, 0.15) is 69.4 Å². The molecule has 0 aromatic heterocycles. The Bertz CT molecular complexity index is 1930. The van der Waals surface area contributed by atoms with E-state index in [1.807, 2.05) is 0 Å². The Morgan fingerprint density at radius 2 is 1.56 bits per heavy atom. The fraction of sp³-hybridized carbons (Fsp3) is 0.297. The van der Waals surface area contributed by atoms with Gasteiger partial charge in [-0.2, -0.15) is 13.2 Å². The van der Waals surface area contributed by atoms with Crippen LogP contribution in [-0.2, 0) is 0 Å². The second kappa shape index (κ2) is 13.4. The Labute approximate surface area is 256 Å². The van der Waals surface area contributed by atoms with Gasteiger partial charge in [-0.3, -0.25) is 0 Å². The third-order valence-corrected chi connectivity index (χ3v) is 8.08. The first-order chi connectivity index (χ1) is 21.4. The average molecular weight is 625 g/mol. The molecule has 5 rings (SSSR count). The molecular formula is C37H28F8. The largest absolute Gasteiger partial charge is 0.458 e. The number of halogens is 8. The number of hydrogen-bond donors (Lipinski definition) is 0. The Hall–Kier alpha value is -4.30. The molecule has 1 atom stereocenters. The highest BCUT2D eigenvalue weighted by Crippen LogP contribution is 2.36. The summed E-state index contributed by atoms with van der Waals surface area (Å²) in [6.07, 6.45) is 6.34. The van der Waals surface area contributed by atoms with Gasteiger partial charge in [-0.1, -0.05) is 68.9 Å². The van der Waals surface area contributed by atoms with Crippen molar-refractivity contribution in [2.75, 3.05) is 0 Å². The van der Waals surface area contributed by atoms with E-state index in [4.69, 9.17) is 0 Å². The van der Waals surface area contributed by atoms with Crippen molar-refractivity contribution in [2.24, 2.45) is 5.92 Å². The van der Waals surface area contributed by atoms with Crippen LogP contribution in [-0.4, -0.2) is 6.18 Å². The summed E-state index contributed by atoms with van der Waals surface area (Å²) < 4.78 is 113. The molecule has 1 aliphatic rings. The first kappa shape index (κ1) is 32.1. The summed E-state index contributed by atoms with van der Waals surface area (Å²) in [6, 6.07) is 7.82. The monoisotopic (exact) mass is 624 g/mol. The van der Waals surface area contributed by atoms with Gasteiger partial charge in [0.1, 0.15) is 23.3 Å². The van der Waals surface area contributed by atoms with Gasteiger partial charge >= 0.3 is 6.18 Å². The lowest BCUT2D eigenvalue weighted by molar-refractivity contribution is -0.0696. The molecule has 1 unspecified atom stereocenters. The lowest BCUT2D eigenvalue weighted by Gasteiger charge is -2.19. The Balaban J connectivity index is 1.43. The van der Waals surface area contributed by atoms with Gasteiger partial charge in [-0.25, -0.2) is 22.0 Å². The zero-order valence-electron chi connectivity index (χ0n) is 24.4. The van der Waals surface area contributed by atoms with E-state index in [1.165, 1.54) is 44.1 Å². The Morgan fingerprint density at radius 3 is 2.27 bits per heavy atom. The van der Waals surface area contributed by atoms with E-state index in [2.05, 4.69) is 24.8 Å². The van der Waals surface area contributed by atoms with E-state index in [1.54, 1.807) is 12.1 Å². The maximum absolute atomic E-state index is 15.7. The number of hydrogen-bond acceptors (Lipinski definition) is 0. The number of allylic oxidation sites excluding steroid dienone is 2. The van der Waals surface area contributed by atoms with Crippen LogP contribution >= 0.6 is 0 Å². The number of unbranched alkanes of at least 4 members (excludes halogenated alkanes) is 3. The van der Waals surface area contributed by atoms with Gasteiger partial charge in [-0.15, -0.1) is 0 Å². The summed E-state index contributed by atoms with van der Waals surface area (Å²) in [5.41, 5.74) is -0.639. The fourth-order valence-corrected chi connectivity index (χ4v) is 5.75. The van der Waals surface area contributed by atoms with Crippen molar-refractivity contribution in [3.05, 3.63) is 94.3 Å². The SMILES string of the molecule is CCCCCCC1CC=C(C#Cc2ccc3c(F)c(-c4cc(F)c5c(F)c(C#CC(F)(F)F)c(F)cc5c4)c(F)cc3c2)CC1. The molecule has 0 heterocycles. The molecule has 45 heavy (non-hydrogen) atoms. The minimum atomic E-state index is -5.03. The first-order valence-electron chi connectivity index (χ1n) is 14.8. The fourth-order valence-electron chi connectivity index (χ4n) is 5.75. The van der Waals surface area contributed by atoms with E-state index in [0.29, 0.717) is 23.6 Å². The average Bonchev–Trinajstić information content (AvgIpc) is 2.97. The van der Waals surface area contributed by atoms with E-state index >= 15 is 13.2 Å². The molecule has 0 radical (unpaired) electrons. The molecule has 0 N–H and O–H groups in total. The smallest absolute Gasteiger partial charge is 0.206 e. The van der Waals surface area contributed by atoms with Crippen LogP contribution in [0.3, 0.4) is 0 Å². The van der Waals surface area contributed by atoms with Gasteiger partial charge in [0, 0.05) is 16.9 Å². The van der Waals surface area contributed by atoms with E-state index in [0.717, 1.165) is 42.9 Å². The number of alkyl halides is 3. The van der Waals surface area contributed by atoms with Crippen molar-refractivity contribution in [3.63, 3.8) is 0 Å². The topological polar surface area (TPSA) is 0 Å². The van der Waals surface area contributed by atoms with E-state index in [-0.39, 0.29) is 16.3 Å². The molecule has 4 aromatic carbocycles. The summed E-state index contributed by atoms with van der Waals surface area (Å²) in [7, 11) is 0. The molecule has 0 amide bonds. The van der Waals surface area contributed by atoms with Crippen LogP contribution < -0.4 is 0 Å². The van der Waals surface area contributed by atoms with Gasteiger partial charge in [0.25, 0.3) is 0 Å². The zero-order valence-corrected chi connectivity index (χ0v) is 24.4. The van der Waals surface area contributed by atoms with Gasteiger partial charge in [0.05, 0.1) is 16.5 Å². The van der Waals surface area contributed by atoms with E-state index in [9.17, 15) is 22.0 Å². The quantitative estimate of drug-likeness (QED) is 0.114. The summed E-state index contributed by atoms with van der Waals surface area (Å²) >= 11 is 0. The molecule has 0 spiro atoms. The van der Waals surface area contributed by atoms with Gasteiger partial charge in [0.15, 0.2) is 5.82 Å². The molecule has 0 fully saturated rings. The minimum Gasteiger partial charge on any atom is -0.206 e. The lowest BCUT2D eigenvalue weighted by atomic mass is 9.86. The van der Waals surface area contributed by atoms with Gasteiger partial charge in [0.2, 0.25) is 0 Å². The van der Waals surface area contributed by atoms with Crippen LogP contribution in [0.5, 0.6) is 0 Å². The van der Waals surface area contributed by atoms with Crippen molar-refractivity contribution in [1.82, 2.24) is 0 Å². The summed E-state index contributed by atoms with van der Waals surface area (Å²) in [5, 5.41) is -1.05. The van der Waals surface area contributed by atoms with Crippen LogP contribution in [0.2, 0.25) is 0 Å². The molecule has 232 valence electrons. The van der Waals surface area contributed by atoms with Crippen LogP contribution in [0.25, 0.3) is 32.7 Å². The standard InChI is InChI=1S/C37H28F8/c1-2-3-4-5-6-22-7-9-23(10-8-22)11-12-24-13-14-28-25(17-24)19-31(39)33(35(28)41)27-18-26-20-30(38)29(15-16-37(43,44)45)36(42)34(26)32(40)21-27/h9,13-14,17-22H,2-8,10H2,1H3. The molecule has 8 heteroatoms. The number of fused-ring (bicyclic) bond motifs is 2. The second-order valence-corrected chi connectivity index (χ2v) is 11.3. The molecular weight excluding hydrogens is 596 g/mol. The van der Waals surface area contributed by atoms with Gasteiger partial charge in [-0.05, 0) is 83.5 Å². The molecule has 0 bridgehead atoms. The molecule has 0 nitrogen and oxygen atoms in total. The molecule has 1 aliphatic carbocycles. The highest BCUT2D eigenvalue weighted by atomic mass is 19.4. The van der Waals surface area contributed by atoms with Crippen molar-refractivity contribution < 1.29 is 35.1 Å². The third kappa shape index (κ3) is 7.34.